The number of hydrogen-bond donors (Lipinski definition) is 1. The lowest BCUT2D eigenvalue weighted by Gasteiger charge is -2.16. The molecule has 1 aromatic rings. The summed E-state index contributed by atoms with van der Waals surface area (Å²) in [6.45, 7) is 0.487. The van der Waals surface area contributed by atoms with Crippen molar-refractivity contribution in [1.82, 2.24) is 0 Å². The van der Waals surface area contributed by atoms with E-state index in [1.165, 1.54) is 6.08 Å². The Labute approximate surface area is 105 Å². The number of aliphatic carboxylic acids is 1. The molecule has 1 rings (SSSR count). The van der Waals surface area contributed by atoms with E-state index >= 15 is 0 Å². The van der Waals surface area contributed by atoms with Gasteiger partial charge in [-0.15, -0.1) is 6.42 Å². The molecule has 0 atom stereocenters. The first-order valence-electron chi connectivity index (χ1n) is 4.89. The van der Waals surface area contributed by atoms with Crippen LogP contribution in [0.4, 0.5) is 5.69 Å². The van der Waals surface area contributed by atoms with E-state index in [0.29, 0.717) is 17.1 Å². The Hall–Kier alpha value is -1.92. The molecule has 4 heteroatoms. The molecular weight excluding hydrogens is 238 g/mol. The maximum atomic E-state index is 10.4. The minimum atomic E-state index is -1.01. The molecule has 0 saturated heterocycles. The molecule has 0 saturated carbocycles. The fourth-order valence-corrected chi connectivity index (χ4v) is 1.52. The zero-order valence-corrected chi connectivity index (χ0v) is 10.1. The predicted octanol–water partition coefficient (Wildman–Crippen LogP) is 2.51. The number of halogens is 1. The standard InChI is InChI=1S/C13H12ClNO2/c1-3-8-15(2)11-6-4-10(12(14)9-11)5-7-13(16)17/h1,4-7,9H,8H2,2H3,(H,16,17)/b7-5+. The van der Waals surface area contributed by atoms with E-state index in [4.69, 9.17) is 23.1 Å². The largest absolute Gasteiger partial charge is 0.478 e. The van der Waals surface area contributed by atoms with Gasteiger partial charge in [0.2, 0.25) is 0 Å². The minimum Gasteiger partial charge on any atom is -0.478 e. The highest BCUT2D eigenvalue weighted by Crippen LogP contribution is 2.23. The van der Waals surface area contributed by atoms with Crippen molar-refractivity contribution in [2.75, 3.05) is 18.5 Å². The lowest BCUT2D eigenvalue weighted by Crippen LogP contribution is -2.16. The molecule has 0 aromatic heterocycles. The number of carboxylic acids is 1. The van der Waals surface area contributed by atoms with E-state index in [0.717, 1.165) is 11.8 Å². The van der Waals surface area contributed by atoms with Crippen molar-refractivity contribution in [2.45, 2.75) is 0 Å². The molecule has 3 nitrogen and oxygen atoms in total. The third-order valence-electron chi connectivity index (χ3n) is 2.16. The van der Waals surface area contributed by atoms with Crippen LogP contribution in [0.3, 0.4) is 0 Å². The normalized spacial score (nSPS) is 10.2. The van der Waals surface area contributed by atoms with Crippen LogP contribution in [0.25, 0.3) is 6.08 Å². The van der Waals surface area contributed by atoms with Gasteiger partial charge in [-0.05, 0) is 23.8 Å². The van der Waals surface area contributed by atoms with Crippen molar-refractivity contribution >= 4 is 29.3 Å². The van der Waals surface area contributed by atoms with Crippen LogP contribution in [0.5, 0.6) is 0 Å². The van der Waals surface area contributed by atoms with Crippen molar-refractivity contribution in [3.8, 4) is 12.3 Å². The monoisotopic (exact) mass is 249 g/mol. The van der Waals surface area contributed by atoms with Gasteiger partial charge >= 0.3 is 5.97 Å². The Bertz CT molecular complexity index is 489. The second-order valence-electron chi connectivity index (χ2n) is 3.44. The first kappa shape index (κ1) is 13.1. The number of terminal acetylenes is 1. The predicted molar refractivity (Wildman–Crippen MR) is 70.2 cm³/mol. The van der Waals surface area contributed by atoms with Crippen LogP contribution in [0.1, 0.15) is 5.56 Å². The quantitative estimate of drug-likeness (QED) is 0.658. The van der Waals surface area contributed by atoms with Gasteiger partial charge in [-0.2, -0.15) is 0 Å². The molecule has 1 N–H and O–H groups in total. The van der Waals surface area contributed by atoms with Crippen LogP contribution >= 0.6 is 11.6 Å². The van der Waals surface area contributed by atoms with Crippen molar-refractivity contribution in [3.63, 3.8) is 0 Å². The Morgan fingerprint density at radius 1 is 1.65 bits per heavy atom. The van der Waals surface area contributed by atoms with Crippen molar-refractivity contribution in [2.24, 2.45) is 0 Å². The summed E-state index contributed by atoms with van der Waals surface area (Å²) in [5.74, 6) is 1.53. The topological polar surface area (TPSA) is 40.5 Å². The van der Waals surface area contributed by atoms with Crippen LogP contribution in [0.15, 0.2) is 24.3 Å². The number of nitrogens with zero attached hydrogens (tertiary/aromatic N) is 1. The molecule has 0 aliphatic carbocycles. The van der Waals surface area contributed by atoms with Crippen LogP contribution in [-0.2, 0) is 4.79 Å². The van der Waals surface area contributed by atoms with E-state index < -0.39 is 5.97 Å². The Kier molecular flexibility index (Phi) is 4.62. The Morgan fingerprint density at radius 3 is 2.88 bits per heavy atom. The summed E-state index contributed by atoms with van der Waals surface area (Å²) in [4.78, 5) is 12.3. The molecule has 0 heterocycles. The molecule has 0 unspecified atom stereocenters. The first-order chi connectivity index (χ1) is 8.04. The van der Waals surface area contributed by atoms with Gasteiger partial charge in [-0.3, -0.25) is 0 Å². The highest BCUT2D eigenvalue weighted by Gasteiger charge is 2.03. The summed E-state index contributed by atoms with van der Waals surface area (Å²) >= 11 is 6.03. The number of carbonyl (C=O) groups is 1. The summed E-state index contributed by atoms with van der Waals surface area (Å²) in [7, 11) is 1.86. The molecule has 0 bridgehead atoms. The van der Waals surface area contributed by atoms with Gasteiger partial charge in [-0.25, -0.2) is 4.79 Å². The molecule has 0 spiro atoms. The zero-order chi connectivity index (χ0) is 12.8. The van der Waals surface area contributed by atoms with E-state index in [-0.39, 0.29) is 0 Å². The second kappa shape index (κ2) is 5.97. The maximum absolute atomic E-state index is 10.4. The van der Waals surface area contributed by atoms with Crippen molar-refractivity contribution < 1.29 is 9.90 Å². The van der Waals surface area contributed by atoms with Gasteiger partial charge in [0.05, 0.1) is 6.54 Å². The molecule has 17 heavy (non-hydrogen) atoms. The number of rotatable bonds is 4. The fraction of sp³-hybridized carbons (Fsp3) is 0.154. The third kappa shape index (κ3) is 3.86. The van der Waals surface area contributed by atoms with Gasteiger partial charge < -0.3 is 10.0 Å². The molecule has 0 aliphatic heterocycles. The number of benzene rings is 1. The maximum Gasteiger partial charge on any atom is 0.328 e. The summed E-state index contributed by atoms with van der Waals surface area (Å²) in [6, 6.07) is 5.34. The molecule has 0 radical (unpaired) electrons. The minimum absolute atomic E-state index is 0.487. The van der Waals surface area contributed by atoms with Gasteiger partial charge in [-0.1, -0.05) is 23.6 Å². The summed E-state index contributed by atoms with van der Waals surface area (Å²) < 4.78 is 0. The SMILES string of the molecule is C#CCN(C)c1ccc(/C=C/C(=O)O)c(Cl)c1. The van der Waals surface area contributed by atoms with Crippen LogP contribution in [-0.4, -0.2) is 24.7 Å². The lowest BCUT2D eigenvalue weighted by atomic mass is 10.2. The van der Waals surface area contributed by atoms with Gasteiger partial charge in [0.15, 0.2) is 0 Å². The molecule has 0 fully saturated rings. The molecular formula is C13H12ClNO2. The molecule has 88 valence electrons. The number of carboxylic acid groups (broad SMARTS) is 1. The van der Waals surface area contributed by atoms with Crippen LogP contribution < -0.4 is 4.90 Å². The third-order valence-corrected chi connectivity index (χ3v) is 2.49. The number of anilines is 1. The van der Waals surface area contributed by atoms with E-state index in [1.54, 1.807) is 12.1 Å². The summed E-state index contributed by atoms with van der Waals surface area (Å²) in [5, 5.41) is 9.01. The zero-order valence-electron chi connectivity index (χ0n) is 9.35. The Balaban J connectivity index is 2.94. The van der Waals surface area contributed by atoms with Crippen LogP contribution in [0.2, 0.25) is 5.02 Å². The first-order valence-corrected chi connectivity index (χ1v) is 5.27. The number of hydrogen-bond acceptors (Lipinski definition) is 2. The molecule has 0 amide bonds. The highest BCUT2D eigenvalue weighted by atomic mass is 35.5. The van der Waals surface area contributed by atoms with Gasteiger partial charge in [0, 0.05) is 23.8 Å². The van der Waals surface area contributed by atoms with Crippen LogP contribution in [0, 0.1) is 12.3 Å². The second-order valence-corrected chi connectivity index (χ2v) is 3.84. The average molecular weight is 250 g/mol. The lowest BCUT2D eigenvalue weighted by molar-refractivity contribution is -0.131. The molecule has 1 aromatic carbocycles. The van der Waals surface area contributed by atoms with Gasteiger partial charge in [0.25, 0.3) is 0 Å². The Morgan fingerprint density at radius 2 is 2.35 bits per heavy atom. The van der Waals surface area contributed by atoms with Crippen molar-refractivity contribution in [3.05, 3.63) is 34.9 Å². The smallest absolute Gasteiger partial charge is 0.328 e. The average Bonchev–Trinajstić information content (AvgIpc) is 2.27. The summed E-state index contributed by atoms with van der Waals surface area (Å²) in [6.07, 6.45) is 7.72. The summed E-state index contributed by atoms with van der Waals surface area (Å²) in [5.41, 5.74) is 1.55. The van der Waals surface area contributed by atoms with E-state index in [1.807, 2.05) is 18.0 Å². The van der Waals surface area contributed by atoms with Gasteiger partial charge in [0.1, 0.15) is 0 Å². The fourth-order valence-electron chi connectivity index (χ4n) is 1.28. The molecule has 0 aliphatic rings. The van der Waals surface area contributed by atoms with Crippen molar-refractivity contribution in [1.29, 1.82) is 0 Å². The van der Waals surface area contributed by atoms with E-state index in [9.17, 15) is 4.79 Å². The highest BCUT2D eigenvalue weighted by molar-refractivity contribution is 6.32. The van der Waals surface area contributed by atoms with E-state index in [2.05, 4.69) is 5.92 Å².